The Morgan fingerprint density at radius 3 is 2.61 bits per heavy atom. The predicted octanol–water partition coefficient (Wildman–Crippen LogP) is 2.94. The van der Waals surface area contributed by atoms with Crippen molar-refractivity contribution in [1.82, 2.24) is 15.1 Å². The Morgan fingerprint density at radius 2 is 1.89 bits per heavy atom. The van der Waals surface area contributed by atoms with E-state index in [0.717, 1.165) is 34.7 Å². The third-order valence-corrected chi connectivity index (χ3v) is 6.59. The van der Waals surface area contributed by atoms with Gasteiger partial charge in [-0.25, -0.2) is 0 Å². The molecule has 2 aromatic rings. The third kappa shape index (κ3) is 6.08. The maximum absolute atomic E-state index is 12.1. The van der Waals surface area contributed by atoms with Gasteiger partial charge in [-0.05, 0) is 18.6 Å². The molecule has 1 aliphatic rings. The van der Waals surface area contributed by atoms with Crippen LogP contribution in [0.3, 0.4) is 0 Å². The molecule has 1 aliphatic heterocycles. The normalized spacial score (nSPS) is 14.2. The molecule has 1 aromatic heterocycles. The lowest BCUT2D eigenvalue weighted by atomic mass is 10.2. The topological polar surface area (TPSA) is 78.4 Å². The van der Waals surface area contributed by atoms with Crippen molar-refractivity contribution in [2.45, 2.75) is 17.2 Å². The average molecular weight is 440 g/mol. The van der Waals surface area contributed by atoms with E-state index in [-0.39, 0.29) is 17.6 Å². The second kappa shape index (κ2) is 10.6. The molecular formula is C18H22ClN5O2S2. The molecule has 150 valence electrons. The average Bonchev–Trinajstić information content (AvgIpc) is 3.20. The van der Waals surface area contributed by atoms with Gasteiger partial charge in [0, 0.05) is 44.2 Å². The van der Waals surface area contributed by atoms with Crippen LogP contribution < -0.4 is 10.2 Å². The molecule has 0 unspecified atom stereocenters. The lowest BCUT2D eigenvalue weighted by molar-refractivity contribution is -0.131. The number of amides is 2. The van der Waals surface area contributed by atoms with Crippen LogP contribution in [0.4, 0.5) is 10.8 Å². The lowest BCUT2D eigenvalue weighted by Crippen LogP contribution is -2.48. The van der Waals surface area contributed by atoms with Gasteiger partial charge in [-0.15, -0.1) is 21.8 Å². The number of halogens is 1. The molecule has 0 atom stereocenters. The summed E-state index contributed by atoms with van der Waals surface area (Å²) in [6.45, 7) is 2.84. The Bertz CT molecular complexity index is 781. The molecule has 0 saturated carbocycles. The van der Waals surface area contributed by atoms with E-state index < -0.39 is 0 Å². The van der Waals surface area contributed by atoms with Gasteiger partial charge >= 0.3 is 0 Å². The standard InChI is InChI=1S/C18H22ClN5O2S2/c19-8-4-7-16(26)23-9-11-24(12-10-23)17-21-22-18(28-17)27-13-15(25)20-14-5-2-1-3-6-14/h1-3,5-6H,4,7-13H2,(H,20,25). The first-order valence-electron chi connectivity index (χ1n) is 9.05. The van der Waals surface area contributed by atoms with E-state index in [0.29, 0.717) is 25.4 Å². The molecule has 2 amide bonds. The number of carbonyl (C=O) groups is 2. The van der Waals surface area contributed by atoms with Gasteiger partial charge in [0.2, 0.25) is 16.9 Å². The van der Waals surface area contributed by atoms with E-state index >= 15 is 0 Å². The molecular weight excluding hydrogens is 418 g/mol. The highest BCUT2D eigenvalue weighted by Gasteiger charge is 2.23. The number of para-hydroxylation sites is 1. The van der Waals surface area contributed by atoms with Crippen molar-refractivity contribution in [2.24, 2.45) is 0 Å². The minimum Gasteiger partial charge on any atom is -0.343 e. The largest absolute Gasteiger partial charge is 0.343 e. The Morgan fingerprint density at radius 1 is 1.14 bits per heavy atom. The van der Waals surface area contributed by atoms with E-state index in [9.17, 15) is 9.59 Å². The molecule has 10 heteroatoms. The van der Waals surface area contributed by atoms with Crippen LogP contribution in [0.1, 0.15) is 12.8 Å². The lowest BCUT2D eigenvalue weighted by Gasteiger charge is -2.34. The van der Waals surface area contributed by atoms with E-state index in [1.54, 1.807) is 0 Å². The number of anilines is 2. The number of benzene rings is 1. The maximum atomic E-state index is 12.1. The number of alkyl halides is 1. The van der Waals surface area contributed by atoms with Crippen molar-refractivity contribution in [3.05, 3.63) is 30.3 Å². The molecule has 1 fully saturated rings. The number of thioether (sulfide) groups is 1. The molecule has 0 spiro atoms. The van der Waals surface area contributed by atoms with E-state index in [4.69, 9.17) is 11.6 Å². The summed E-state index contributed by atoms with van der Waals surface area (Å²) in [5.74, 6) is 0.891. The molecule has 7 nitrogen and oxygen atoms in total. The van der Waals surface area contributed by atoms with Crippen molar-refractivity contribution in [2.75, 3.05) is 48.0 Å². The number of hydrogen-bond donors (Lipinski definition) is 1. The SMILES string of the molecule is O=C(CSc1nnc(N2CCN(C(=O)CCCCl)CC2)s1)Nc1ccccc1. The van der Waals surface area contributed by atoms with Crippen molar-refractivity contribution in [3.8, 4) is 0 Å². The van der Waals surface area contributed by atoms with Crippen molar-refractivity contribution in [1.29, 1.82) is 0 Å². The molecule has 3 rings (SSSR count). The predicted molar refractivity (Wildman–Crippen MR) is 114 cm³/mol. The molecule has 2 heterocycles. The van der Waals surface area contributed by atoms with E-state index in [1.165, 1.54) is 23.1 Å². The smallest absolute Gasteiger partial charge is 0.234 e. The quantitative estimate of drug-likeness (QED) is 0.503. The van der Waals surface area contributed by atoms with Crippen LogP contribution in [0.5, 0.6) is 0 Å². The highest BCUT2D eigenvalue weighted by atomic mass is 35.5. The summed E-state index contributed by atoms with van der Waals surface area (Å²) in [7, 11) is 0. The first-order valence-corrected chi connectivity index (χ1v) is 11.4. The fourth-order valence-electron chi connectivity index (χ4n) is 2.76. The number of carbonyl (C=O) groups excluding carboxylic acids is 2. The fourth-order valence-corrected chi connectivity index (χ4v) is 4.58. The minimum atomic E-state index is -0.0722. The number of rotatable bonds is 8. The molecule has 1 aromatic carbocycles. The summed E-state index contributed by atoms with van der Waals surface area (Å²) in [5, 5.41) is 12.1. The zero-order valence-electron chi connectivity index (χ0n) is 15.3. The van der Waals surface area contributed by atoms with Crippen molar-refractivity contribution in [3.63, 3.8) is 0 Å². The molecule has 1 N–H and O–H groups in total. The van der Waals surface area contributed by atoms with E-state index in [1.807, 2.05) is 35.2 Å². The monoisotopic (exact) mass is 439 g/mol. The van der Waals surface area contributed by atoms with Crippen LogP contribution in [0, 0.1) is 0 Å². The third-order valence-electron chi connectivity index (χ3n) is 4.21. The van der Waals surface area contributed by atoms with Crippen LogP contribution in [0.2, 0.25) is 0 Å². The summed E-state index contributed by atoms with van der Waals surface area (Å²) in [6.07, 6.45) is 1.23. The molecule has 28 heavy (non-hydrogen) atoms. The second-order valence-corrected chi connectivity index (χ2v) is 8.77. The van der Waals surface area contributed by atoms with Crippen molar-refractivity contribution >= 4 is 57.3 Å². The van der Waals surface area contributed by atoms with Gasteiger partial charge in [0.25, 0.3) is 0 Å². The van der Waals surface area contributed by atoms with Crippen LogP contribution in [0.15, 0.2) is 34.7 Å². The minimum absolute atomic E-state index is 0.0722. The molecule has 1 saturated heterocycles. The summed E-state index contributed by atoms with van der Waals surface area (Å²) < 4.78 is 0.763. The number of aromatic nitrogens is 2. The fraction of sp³-hybridized carbons (Fsp3) is 0.444. The summed E-state index contributed by atoms with van der Waals surface area (Å²) in [4.78, 5) is 28.1. The molecule has 0 radical (unpaired) electrons. The zero-order valence-corrected chi connectivity index (χ0v) is 17.7. The van der Waals surface area contributed by atoms with Crippen LogP contribution in [0.25, 0.3) is 0 Å². The van der Waals surface area contributed by atoms with Gasteiger partial charge in [0.1, 0.15) is 0 Å². The summed E-state index contributed by atoms with van der Waals surface area (Å²) in [6, 6.07) is 9.37. The summed E-state index contributed by atoms with van der Waals surface area (Å²) in [5.41, 5.74) is 0.782. The van der Waals surface area contributed by atoms with Gasteiger partial charge in [-0.1, -0.05) is 41.3 Å². The van der Waals surface area contributed by atoms with Gasteiger partial charge in [0.05, 0.1) is 5.75 Å². The van der Waals surface area contributed by atoms with E-state index in [2.05, 4.69) is 20.4 Å². The number of nitrogens with one attached hydrogen (secondary N) is 1. The number of nitrogens with zero attached hydrogens (tertiary/aromatic N) is 4. The highest BCUT2D eigenvalue weighted by Crippen LogP contribution is 2.28. The zero-order chi connectivity index (χ0) is 19.8. The Balaban J connectivity index is 1.43. The number of hydrogen-bond acceptors (Lipinski definition) is 7. The van der Waals surface area contributed by atoms with Crippen LogP contribution >= 0.6 is 34.7 Å². The van der Waals surface area contributed by atoms with Gasteiger partial charge in [0.15, 0.2) is 4.34 Å². The molecule has 0 bridgehead atoms. The van der Waals surface area contributed by atoms with Crippen molar-refractivity contribution < 1.29 is 9.59 Å². The van der Waals surface area contributed by atoms with Gasteiger partial charge < -0.3 is 15.1 Å². The first kappa shape index (κ1) is 20.9. The highest BCUT2D eigenvalue weighted by molar-refractivity contribution is 8.01. The van der Waals surface area contributed by atoms with Crippen LogP contribution in [-0.4, -0.2) is 64.7 Å². The van der Waals surface area contributed by atoms with Gasteiger partial charge in [-0.3, -0.25) is 9.59 Å². The number of piperazine rings is 1. The Hall–Kier alpha value is -1.84. The Kier molecular flexibility index (Phi) is 7.93. The summed E-state index contributed by atoms with van der Waals surface area (Å²) >= 11 is 8.51. The van der Waals surface area contributed by atoms with Crippen LogP contribution in [-0.2, 0) is 9.59 Å². The maximum Gasteiger partial charge on any atom is 0.234 e. The first-order chi connectivity index (χ1) is 13.7. The second-order valence-electron chi connectivity index (χ2n) is 6.21. The van der Waals surface area contributed by atoms with Gasteiger partial charge in [-0.2, -0.15) is 0 Å². The molecule has 0 aliphatic carbocycles. The Labute approximate surface area is 177 Å².